The zero-order chi connectivity index (χ0) is 18.6. The van der Waals surface area contributed by atoms with Crippen LogP contribution in [0.25, 0.3) is 0 Å². The summed E-state index contributed by atoms with van der Waals surface area (Å²) in [6, 6.07) is 12.8. The molecule has 2 rings (SSSR count). The Morgan fingerprint density at radius 3 is 2.20 bits per heavy atom. The van der Waals surface area contributed by atoms with Crippen LogP contribution in [0.4, 0.5) is 0 Å². The molecule has 0 heterocycles. The van der Waals surface area contributed by atoms with E-state index in [9.17, 15) is 8.42 Å². The number of hydrogen-bond donors (Lipinski definition) is 1. The van der Waals surface area contributed by atoms with Crippen LogP contribution in [0, 0.1) is 19.8 Å². The van der Waals surface area contributed by atoms with Gasteiger partial charge in [0, 0.05) is 6.04 Å². The molecule has 2 aromatic carbocycles. The molecule has 1 atom stereocenters. The molecule has 0 saturated carbocycles. The third-order valence-corrected chi connectivity index (χ3v) is 6.02. The van der Waals surface area contributed by atoms with Crippen LogP contribution in [0.5, 0.6) is 5.75 Å². The Labute approximate surface area is 151 Å². The Balaban J connectivity index is 2.39. The van der Waals surface area contributed by atoms with E-state index >= 15 is 0 Å². The van der Waals surface area contributed by atoms with Crippen molar-refractivity contribution in [3.63, 3.8) is 0 Å². The van der Waals surface area contributed by atoms with Crippen LogP contribution in [-0.2, 0) is 10.0 Å². The molecule has 25 heavy (non-hydrogen) atoms. The third-order valence-electron chi connectivity index (χ3n) is 4.40. The number of nitrogens with one attached hydrogen (secondary N) is 1. The van der Waals surface area contributed by atoms with Crippen LogP contribution < -0.4 is 9.46 Å². The van der Waals surface area contributed by atoms with Gasteiger partial charge in [-0.2, -0.15) is 0 Å². The second-order valence-corrected chi connectivity index (χ2v) is 8.41. The Hall–Kier alpha value is -1.85. The minimum absolute atomic E-state index is 0.256. The molecular weight excluding hydrogens is 334 g/mol. The number of methoxy groups -OCH3 is 1. The zero-order valence-electron chi connectivity index (χ0n) is 15.5. The van der Waals surface area contributed by atoms with Gasteiger partial charge in [-0.15, -0.1) is 0 Å². The molecule has 1 N–H and O–H groups in total. The van der Waals surface area contributed by atoms with Crippen LogP contribution >= 0.6 is 0 Å². The van der Waals surface area contributed by atoms with Gasteiger partial charge in [0.15, 0.2) is 0 Å². The van der Waals surface area contributed by atoms with E-state index in [1.54, 1.807) is 19.2 Å². The van der Waals surface area contributed by atoms with Gasteiger partial charge in [-0.25, -0.2) is 13.1 Å². The Morgan fingerprint density at radius 1 is 1.00 bits per heavy atom. The summed E-state index contributed by atoms with van der Waals surface area (Å²) in [6.45, 7) is 7.86. The maximum Gasteiger partial charge on any atom is 0.241 e. The van der Waals surface area contributed by atoms with E-state index in [1.807, 2.05) is 44.2 Å². The van der Waals surface area contributed by atoms with Gasteiger partial charge in [-0.3, -0.25) is 0 Å². The summed E-state index contributed by atoms with van der Waals surface area (Å²) >= 11 is 0. The van der Waals surface area contributed by atoms with E-state index < -0.39 is 10.0 Å². The molecule has 0 aromatic heterocycles. The van der Waals surface area contributed by atoms with Gasteiger partial charge in [-0.05, 0) is 55.0 Å². The number of benzene rings is 2. The van der Waals surface area contributed by atoms with E-state index in [1.165, 1.54) is 0 Å². The van der Waals surface area contributed by atoms with Crippen LogP contribution in [0.15, 0.2) is 47.4 Å². The monoisotopic (exact) mass is 361 g/mol. The van der Waals surface area contributed by atoms with Gasteiger partial charge in [0.25, 0.3) is 0 Å². The maximum atomic E-state index is 13.0. The lowest BCUT2D eigenvalue weighted by Gasteiger charge is -2.22. The summed E-state index contributed by atoms with van der Waals surface area (Å²) in [6.07, 6.45) is 0.734. The van der Waals surface area contributed by atoms with Crippen LogP contribution in [0.3, 0.4) is 0 Å². The molecule has 0 bridgehead atoms. The number of rotatable bonds is 7. The highest BCUT2D eigenvalue weighted by Gasteiger charge is 2.24. The minimum Gasteiger partial charge on any atom is -0.496 e. The third kappa shape index (κ3) is 4.61. The second kappa shape index (κ2) is 8.02. The van der Waals surface area contributed by atoms with E-state index in [4.69, 9.17) is 4.74 Å². The second-order valence-electron chi connectivity index (χ2n) is 6.73. The lowest BCUT2D eigenvalue weighted by atomic mass is 9.98. The van der Waals surface area contributed by atoms with Gasteiger partial charge in [0.05, 0.1) is 12.0 Å². The first-order valence-corrected chi connectivity index (χ1v) is 9.96. The summed E-state index contributed by atoms with van der Waals surface area (Å²) in [4.78, 5) is 0.301. The highest BCUT2D eigenvalue weighted by Crippen LogP contribution is 2.29. The van der Waals surface area contributed by atoms with E-state index in [0.29, 0.717) is 22.1 Å². The first-order chi connectivity index (χ1) is 11.8. The van der Waals surface area contributed by atoms with Gasteiger partial charge in [-0.1, -0.05) is 44.2 Å². The molecule has 0 unspecified atom stereocenters. The molecule has 2 aromatic rings. The SMILES string of the molecule is COc1ccc(S(=O)(=O)N[C@@H](CC(C)C)c2ccccc2)c(C)c1C. The summed E-state index contributed by atoms with van der Waals surface area (Å²) < 4.78 is 34.2. The molecule has 0 saturated heterocycles. The van der Waals surface area contributed by atoms with Gasteiger partial charge >= 0.3 is 0 Å². The van der Waals surface area contributed by atoms with Crippen molar-refractivity contribution in [1.29, 1.82) is 0 Å². The first kappa shape index (κ1) is 19.5. The van der Waals surface area contributed by atoms with Crippen LogP contribution in [-0.4, -0.2) is 15.5 Å². The van der Waals surface area contributed by atoms with Gasteiger partial charge in [0.2, 0.25) is 10.0 Å². The van der Waals surface area contributed by atoms with Crippen molar-refractivity contribution in [1.82, 2.24) is 4.72 Å². The van der Waals surface area contributed by atoms with Crippen LogP contribution in [0.1, 0.15) is 43.0 Å². The van der Waals surface area contributed by atoms with Gasteiger partial charge < -0.3 is 4.74 Å². The normalized spacial score (nSPS) is 13.0. The molecular formula is C20H27NO3S. The first-order valence-electron chi connectivity index (χ1n) is 8.47. The summed E-state index contributed by atoms with van der Waals surface area (Å²) in [7, 11) is -2.05. The lowest BCUT2D eigenvalue weighted by molar-refractivity contribution is 0.410. The molecule has 0 amide bonds. The molecule has 5 heteroatoms. The lowest BCUT2D eigenvalue weighted by Crippen LogP contribution is -2.30. The smallest absolute Gasteiger partial charge is 0.241 e. The minimum atomic E-state index is -3.64. The fourth-order valence-electron chi connectivity index (χ4n) is 2.94. The van der Waals surface area contributed by atoms with Crippen LogP contribution in [0.2, 0.25) is 0 Å². The topological polar surface area (TPSA) is 55.4 Å². The molecule has 0 radical (unpaired) electrons. The average molecular weight is 362 g/mol. The van der Waals surface area contributed by atoms with Crippen molar-refractivity contribution in [2.75, 3.05) is 7.11 Å². The average Bonchev–Trinajstić information content (AvgIpc) is 2.56. The zero-order valence-corrected chi connectivity index (χ0v) is 16.4. The fourth-order valence-corrected chi connectivity index (χ4v) is 4.48. The van der Waals surface area contributed by atoms with Crippen molar-refractivity contribution < 1.29 is 13.2 Å². The molecule has 0 spiro atoms. The van der Waals surface area contributed by atoms with Crippen molar-refractivity contribution in [3.8, 4) is 5.75 Å². The molecule has 0 aliphatic heterocycles. The standard InChI is InChI=1S/C20H27NO3S/c1-14(2)13-18(17-9-7-6-8-10-17)21-25(22,23)20-12-11-19(24-5)15(3)16(20)4/h6-12,14,18,21H,13H2,1-5H3/t18-/m0/s1. The number of sulfonamides is 1. The predicted octanol–water partition coefficient (Wildman–Crippen LogP) is 4.38. The van der Waals surface area contributed by atoms with Gasteiger partial charge in [0.1, 0.15) is 5.75 Å². The molecule has 136 valence electrons. The van der Waals surface area contributed by atoms with E-state index in [-0.39, 0.29) is 6.04 Å². The molecule has 0 fully saturated rings. The Bertz CT molecular complexity index is 814. The summed E-state index contributed by atoms with van der Waals surface area (Å²) in [5.41, 5.74) is 2.52. The van der Waals surface area contributed by atoms with E-state index in [0.717, 1.165) is 17.5 Å². The highest BCUT2D eigenvalue weighted by molar-refractivity contribution is 7.89. The Morgan fingerprint density at radius 2 is 1.64 bits per heavy atom. The quantitative estimate of drug-likeness (QED) is 0.796. The van der Waals surface area contributed by atoms with Crippen molar-refractivity contribution >= 4 is 10.0 Å². The Kier molecular flexibility index (Phi) is 6.25. The van der Waals surface area contributed by atoms with Crippen molar-refractivity contribution in [2.45, 2.75) is 45.1 Å². The molecule has 0 aliphatic carbocycles. The molecule has 4 nitrogen and oxygen atoms in total. The van der Waals surface area contributed by atoms with Crippen molar-refractivity contribution in [3.05, 3.63) is 59.2 Å². The summed E-state index contributed by atoms with van der Waals surface area (Å²) in [5.74, 6) is 1.06. The number of ether oxygens (including phenoxy) is 1. The molecule has 0 aliphatic rings. The van der Waals surface area contributed by atoms with Crippen molar-refractivity contribution in [2.24, 2.45) is 5.92 Å². The summed E-state index contributed by atoms with van der Waals surface area (Å²) in [5, 5.41) is 0. The largest absolute Gasteiger partial charge is 0.496 e. The maximum absolute atomic E-state index is 13.0. The fraction of sp³-hybridized carbons (Fsp3) is 0.400. The van der Waals surface area contributed by atoms with E-state index in [2.05, 4.69) is 18.6 Å². The highest BCUT2D eigenvalue weighted by atomic mass is 32.2. The predicted molar refractivity (Wildman–Crippen MR) is 101 cm³/mol. The number of hydrogen-bond acceptors (Lipinski definition) is 3.